The Morgan fingerprint density at radius 3 is 2.67 bits per heavy atom. The molecule has 1 amide bonds. The summed E-state index contributed by atoms with van der Waals surface area (Å²) in [5, 5.41) is 8.94. The molecule has 0 unspecified atom stereocenters. The summed E-state index contributed by atoms with van der Waals surface area (Å²) in [5.74, 6) is -0.717. The fourth-order valence-electron chi connectivity index (χ4n) is 2.14. The van der Waals surface area contributed by atoms with E-state index in [2.05, 4.69) is 10.4 Å². The van der Waals surface area contributed by atoms with Crippen LogP contribution in [0.1, 0.15) is 10.4 Å². The number of carbonyl (C=O) groups excluding carboxylic acids is 1. The number of benzene rings is 1. The van der Waals surface area contributed by atoms with Gasteiger partial charge in [-0.25, -0.2) is 9.07 Å². The van der Waals surface area contributed by atoms with Crippen LogP contribution in [-0.4, -0.2) is 22.2 Å². The van der Waals surface area contributed by atoms with Gasteiger partial charge in [0.1, 0.15) is 11.5 Å². The van der Waals surface area contributed by atoms with Gasteiger partial charge >= 0.3 is 0 Å². The van der Waals surface area contributed by atoms with Crippen molar-refractivity contribution in [2.75, 3.05) is 6.54 Å². The molecule has 0 aliphatic rings. The molecular formula is C17H14FN3O2S. The number of halogens is 1. The summed E-state index contributed by atoms with van der Waals surface area (Å²) < 4.78 is 14.2. The van der Waals surface area contributed by atoms with Crippen LogP contribution in [0.2, 0.25) is 0 Å². The number of aromatic nitrogens is 2. The van der Waals surface area contributed by atoms with E-state index in [1.54, 1.807) is 6.07 Å². The second-order valence-corrected chi connectivity index (χ2v) is 5.97. The summed E-state index contributed by atoms with van der Waals surface area (Å²) >= 11 is 1.54. The van der Waals surface area contributed by atoms with Crippen LogP contribution >= 0.6 is 11.3 Å². The van der Waals surface area contributed by atoms with Gasteiger partial charge in [-0.2, -0.15) is 5.10 Å². The first kappa shape index (κ1) is 16.1. The summed E-state index contributed by atoms with van der Waals surface area (Å²) in [6.45, 7) is 0.502. The minimum absolute atomic E-state index is 0.230. The Balaban J connectivity index is 1.64. The van der Waals surface area contributed by atoms with E-state index in [0.29, 0.717) is 5.56 Å². The Kier molecular flexibility index (Phi) is 4.81. The topological polar surface area (TPSA) is 64.0 Å². The maximum atomic E-state index is 12.8. The molecule has 0 saturated heterocycles. The van der Waals surface area contributed by atoms with Crippen molar-refractivity contribution in [2.45, 2.75) is 6.54 Å². The highest BCUT2D eigenvalue weighted by Crippen LogP contribution is 2.20. The molecule has 7 heteroatoms. The molecule has 0 fully saturated rings. The minimum Gasteiger partial charge on any atom is -0.350 e. The van der Waals surface area contributed by atoms with Gasteiger partial charge in [0.2, 0.25) is 0 Å². The van der Waals surface area contributed by atoms with Crippen LogP contribution in [0.15, 0.2) is 58.7 Å². The number of thiophene rings is 1. The maximum absolute atomic E-state index is 12.8. The van der Waals surface area contributed by atoms with Crippen molar-refractivity contribution in [1.29, 1.82) is 0 Å². The number of nitrogens with one attached hydrogen (secondary N) is 1. The molecule has 2 aromatic heterocycles. The zero-order valence-electron chi connectivity index (χ0n) is 12.6. The van der Waals surface area contributed by atoms with Gasteiger partial charge in [0.25, 0.3) is 11.5 Å². The monoisotopic (exact) mass is 343 g/mol. The fourth-order valence-corrected chi connectivity index (χ4v) is 2.83. The quantitative estimate of drug-likeness (QED) is 0.774. The third-order valence-electron chi connectivity index (χ3n) is 3.36. The molecule has 1 N–H and O–H groups in total. The molecule has 3 aromatic rings. The van der Waals surface area contributed by atoms with Crippen molar-refractivity contribution < 1.29 is 9.18 Å². The molecule has 0 atom stereocenters. The van der Waals surface area contributed by atoms with Crippen molar-refractivity contribution in [1.82, 2.24) is 15.1 Å². The maximum Gasteiger partial charge on any atom is 0.266 e. The number of hydrogen-bond acceptors (Lipinski definition) is 4. The highest BCUT2D eigenvalue weighted by Gasteiger charge is 2.07. The van der Waals surface area contributed by atoms with Crippen molar-refractivity contribution in [3.05, 3.63) is 75.6 Å². The van der Waals surface area contributed by atoms with Gasteiger partial charge in [-0.1, -0.05) is 6.07 Å². The molecule has 1 aromatic carbocycles. The molecule has 5 nitrogen and oxygen atoms in total. The zero-order valence-corrected chi connectivity index (χ0v) is 13.4. The first-order valence-corrected chi connectivity index (χ1v) is 8.17. The van der Waals surface area contributed by atoms with Crippen molar-refractivity contribution >= 4 is 17.2 Å². The minimum atomic E-state index is -0.396. The van der Waals surface area contributed by atoms with Crippen LogP contribution in [0.3, 0.4) is 0 Å². The van der Waals surface area contributed by atoms with Crippen LogP contribution in [0.5, 0.6) is 0 Å². The zero-order chi connectivity index (χ0) is 16.9. The lowest BCUT2D eigenvalue weighted by Gasteiger charge is -2.08. The Morgan fingerprint density at radius 1 is 1.17 bits per heavy atom. The first-order valence-electron chi connectivity index (χ1n) is 7.29. The van der Waals surface area contributed by atoms with E-state index in [4.69, 9.17) is 0 Å². The van der Waals surface area contributed by atoms with Gasteiger partial charge in [0, 0.05) is 18.2 Å². The van der Waals surface area contributed by atoms with Gasteiger partial charge in [-0.15, -0.1) is 11.3 Å². The summed E-state index contributed by atoms with van der Waals surface area (Å²) in [6.07, 6.45) is 0. The molecule has 0 radical (unpaired) electrons. The van der Waals surface area contributed by atoms with Gasteiger partial charge < -0.3 is 5.32 Å². The standard InChI is InChI=1S/C17H14FN3O2S/c18-13-5-3-12(4-6-13)17(23)19-9-10-21-16(22)8-7-14(20-21)15-2-1-11-24-15/h1-8,11H,9-10H2,(H,19,23). The third-order valence-corrected chi connectivity index (χ3v) is 4.25. The number of carbonyl (C=O) groups is 1. The van der Waals surface area contributed by atoms with Crippen molar-refractivity contribution in [3.63, 3.8) is 0 Å². The fraction of sp³-hybridized carbons (Fsp3) is 0.118. The molecule has 3 rings (SSSR count). The van der Waals surface area contributed by atoms with Crippen LogP contribution in [0, 0.1) is 5.82 Å². The lowest BCUT2D eigenvalue weighted by molar-refractivity contribution is 0.0951. The molecule has 0 saturated carbocycles. The van der Waals surface area contributed by atoms with E-state index >= 15 is 0 Å². The highest BCUT2D eigenvalue weighted by molar-refractivity contribution is 7.13. The van der Waals surface area contributed by atoms with Crippen molar-refractivity contribution in [2.24, 2.45) is 0 Å². The summed E-state index contributed by atoms with van der Waals surface area (Å²) in [7, 11) is 0. The predicted molar refractivity (Wildman–Crippen MR) is 90.5 cm³/mol. The Bertz CT molecular complexity index is 889. The van der Waals surface area contributed by atoms with Crippen molar-refractivity contribution in [3.8, 4) is 10.6 Å². The lowest BCUT2D eigenvalue weighted by atomic mass is 10.2. The third kappa shape index (κ3) is 3.75. The molecule has 0 aliphatic heterocycles. The van der Waals surface area contributed by atoms with E-state index in [0.717, 1.165) is 10.6 Å². The van der Waals surface area contributed by atoms with E-state index < -0.39 is 5.82 Å². The first-order chi connectivity index (χ1) is 11.6. The van der Waals surface area contributed by atoms with E-state index in [1.807, 2.05) is 17.5 Å². The molecular weight excluding hydrogens is 329 g/mol. The van der Waals surface area contributed by atoms with Crippen LogP contribution in [0.25, 0.3) is 10.6 Å². The van der Waals surface area contributed by atoms with Gasteiger partial charge in [-0.05, 0) is 41.8 Å². The lowest BCUT2D eigenvalue weighted by Crippen LogP contribution is -2.31. The molecule has 0 spiro atoms. The SMILES string of the molecule is O=C(NCCn1nc(-c2cccs2)ccc1=O)c1ccc(F)cc1. The van der Waals surface area contributed by atoms with Gasteiger partial charge in [-0.3, -0.25) is 9.59 Å². The molecule has 0 aliphatic carbocycles. The number of nitrogens with zero attached hydrogens (tertiary/aromatic N) is 2. The number of rotatable bonds is 5. The van der Waals surface area contributed by atoms with Crippen LogP contribution in [-0.2, 0) is 6.54 Å². The van der Waals surface area contributed by atoms with Gasteiger partial charge in [0.15, 0.2) is 0 Å². The second-order valence-electron chi connectivity index (χ2n) is 5.02. The molecule has 2 heterocycles. The summed E-state index contributed by atoms with van der Waals surface area (Å²) in [5.41, 5.74) is 0.852. The normalized spacial score (nSPS) is 10.5. The Labute approximate surface area is 141 Å². The highest BCUT2D eigenvalue weighted by atomic mass is 32.1. The number of amides is 1. The van der Waals surface area contributed by atoms with Gasteiger partial charge in [0.05, 0.1) is 11.4 Å². The molecule has 0 bridgehead atoms. The van der Waals surface area contributed by atoms with E-state index in [1.165, 1.54) is 46.4 Å². The average molecular weight is 343 g/mol. The average Bonchev–Trinajstić information content (AvgIpc) is 3.11. The predicted octanol–water partition coefficient (Wildman–Crippen LogP) is 2.54. The summed E-state index contributed by atoms with van der Waals surface area (Å²) in [6, 6.07) is 12.3. The largest absolute Gasteiger partial charge is 0.350 e. The Hall–Kier alpha value is -2.80. The molecule has 122 valence electrons. The van der Waals surface area contributed by atoms with Crippen LogP contribution < -0.4 is 10.9 Å². The molecule has 24 heavy (non-hydrogen) atoms. The van der Waals surface area contributed by atoms with E-state index in [-0.39, 0.29) is 24.6 Å². The second kappa shape index (κ2) is 7.18. The summed E-state index contributed by atoms with van der Waals surface area (Å²) in [4.78, 5) is 24.8. The van der Waals surface area contributed by atoms with Crippen LogP contribution in [0.4, 0.5) is 4.39 Å². The number of hydrogen-bond donors (Lipinski definition) is 1. The van der Waals surface area contributed by atoms with E-state index in [9.17, 15) is 14.0 Å². The Morgan fingerprint density at radius 2 is 1.96 bits per heavy atom. The smallest absolute Gasteiger partial charge is 0.266 e.